The van der Waals surface area contributed by atoms with Crippen molar-refractivity contribution in [2.24, 2.45) is 0 Å². The van der Waals surface area contributed by atoms with Crippen molar-refractivity contribution < 1.29 is 27.9 Å². The first-order valence-electron chi connectivity index (χ1n) is 5.62. The molecule has 0 aliphatic rings. The Morgan fingerprint density at radius 2 is 1.89 bits per heavy atom. The van der Waals surface area contributed by atoms with Gasteiger partial charge in [0.15, 0.2) is 0 Å². The third kappa shape index (κ3) is 9.25. The Morgan fingerprint density at radius 1 is 1.32 bits per heavy atom. The molecule has 0 radical (unpaired) electrons. The first-order chi connectivity index (χ1) is 8.65. The third-order valence-electron chi connectivity index (χ3n) is 2.17. The first-order valence-corrected chi connectivity index (χ1v) is 7.68. The zero-order valence-corrected chi connectivity index (χ0v) is 12.0. The second-order valence-corrected chi connectivity index (χ2v) is 6.54. The summed E-state index contributed by atoms with van der Waals surface area (Å²) >= 11 is 0. The molecule has 0 aromatic heterocycles. The van der Waals surface area contributed by atoms with Gasteiger partial charge < -0.3 is 20.5 Å². The van der Waals surface area contributed by atoms with Gasteiger partial charge in [-0.05, 0) is 13.3 Å². The van der Waals surface area contributed by atoms with Crippen LogP contribution in [0.1, 0.15) is 13.3 Å². The summed E-state index contributed by atoms with van der Waals surface area (Å²) in [6.45, 7) is 1.98. The molecule has 0 aromatic carbocycles. The summed E-state index contributed by atoms with van der Waals surface area (Å²) in [6, 6.07) is -2.20. The van der Waals surface area contributed by atoms with Crippen LogP contribution in [0.5, 0.6) is 0 Å². The van der Waals surface area contributed by atoms with Gasteiger partial charge in [0.25, 0.3) is 0 Å². The molecule has 112 valence electrons. The summed E-state index contributed by atoms with van der Waals surface area (Å²) < 4.78 is 26.7. The van der Waals surface area contributed by atoms with Crippen LogP contribution >= 0.6 is 0 Å². The molecule has 0 aromatic rings. The molecule has 0 aliphatic heterocycles. The molecule has 2 amide bonds. The fourth-order valence-corrected chi connectivity index (χ4v) is 1.97. The second-order valence-electron chi connectivity index (χ2n) is 4.28. The molecular weight excluding hydrogens is 276 g/mol. The van der Waals surface area contributed by atoms with Crippen molar-refractivity contribution in [1.82, 2.24) is 10.6 Å². The lowest BCUT2D eigenvalue weighted by Gasteiger charge is -2.17. The number of rotatable bonds is 8. The van der Waals surface area contributed by atoms with Gasteiger partial charge in [-0.25, -0.2) is 18.0 Å². The molecule has 3 N–H and O–H groups in total. The standard InChI is InChI=1S/C10H20N2O6S/c1-7(6-18-2)11-10(15)12-8(9(13)14)4-5-19(3,16)17/h7-8H,4-6H2,1-3H3,(H,13,14)(H2,11,12,15). The number of methoxy groups -OCH3 is 1. The Balaban J connectivity index is 4.35. The van der Waals surface area contributed by atoms with Crippen molar-refractivity contribution in [2.75, 3.05) is 25.7 Å². The molecule has 0 aliphatic carbocycles. The Morgan fingerprint density at radius 3 is 2.32 bits per heavy atom. The van der Waals surface area contributed by atoms with Gasteiger partial charge in [0.1, 0.15) is 15.9 Å². The molecule has 0 spiro atoms. The van der Waals surface area contributed by atoms with Gasteiger partial charge in [-0.3, -0.25) is 0 Å². The van der Waals surface area contributed by atoms with Crippen molar-refractivity contribution in [3.8, 4) is 0 Å². The average molecular weight is 296 g/mol. The van der Waals surface area contributed by atoms with E-state index < -0.39 is 27.9 Å². The monoisotopic (exact) mass is 296 g/mol. The molecule has 0 heterocycles. The quantitative estimate of drug-likeness (QED) is 0.539. The van der Waals surface area contributed by atoms with E-state index in [4.69, 9.17) is 9.84 Å². The van der Waals surface area contributed by atoms with Crippen LogP contribution in [-0.4, -0.2) is 63.3 Å². The highest BCUT2D eigenvalue weighted by Crippen LogP contribution is 1.97. The normalized spacial score (nSPS) is 14.5. The maximum Gasteiger partial charge on any atom is 0.326 e. The first kappa shape index (κ1) is 17.6. The summed E-state index contributed by atoms with van der Waals surface area (Å²) in [5.41, 5.74) is 0. The van der Waals surface area contributed by atoms with Gasteiger partial charge >= 0.3 is 12.0 Å². The van der Waals surface area contributed by atoms with E-state index in [-0.39, 0.29) is 24.8 Å². The Labute approximate surface area is 112 Å². The van der Waals surface area contributed by atoms with Gasteiger partial charge in [-0.2, -0.15) is 0 Å². The van der Waals surface area contributed by atoms with Crippen LogP contribution in [0, 0.1) is 0 Å². The predicted octanol–water partition coefficient (Wildman–Crippen LogP) is -0.792. The minimum Gasteiger partial charge on any atom is -0.480 e. The number of aliphatic carboxylic acids is 1. The van der Waals surface area contributed by atoms with Crippen LogP contribution in [-0.2, 0) is 19.4 Å². The zero-order valence-electron chi connectivity index (χ0n) is 11.2. The SMILES string of the molecule is COCC(C)NC(=O)NC(CCS(C)(=O)=O)C(=O)O. The molecule has 0 fully saturated rings. The molecular formula is C10H20N2O6S. The topological polar surface area (TPSA) is 122 Å². The van der Waals surface area contributed by atoms with Gasteiger partial charge in [0, 0.05) is 13.4 Å². The smallest absolute Gasteiger partial charge is 0.326 e. The van der Waals surface area contributed by atoms with Crippen LogP contribution in [0.15, 0.2) is 0 Å². The number of carbonyl (C=O) groups excluding carboxylic acids is 1. The molecule has 8 nitrogen and oxygen atoms in total. The maximum atomic E-state index is 11.5. The second kappa shape index (κ2) is 7.95. The van der Waals surface area contributed by atoms with Crippen LogP contribution in [0.3, 0.4) is 0 Å². The van der Waals surface area contributed by atoms with E-state index in [0.717, 1.165) is 6.26 Å². The number of urea groups is 1. The number of ether oxygens (including phenoxy) is 1. The highest BCUT2D eigenvalue weighted by atomic mass is 32.2. The van der Waals surface area contributed by atoms with Crippen molar-refractivity contribution in [3.05, 3.63) is 0 Å². The number of carbonyl (C=O) groups is 2. The van der Waals surface area contributed by atoms with Crippen LogP contribution in [0.4, 0.5) is 4.79 Å². The lowest BCUT2D eigenvalue weighted by Crippen LogP contribution is -2.49. The number of carboxylic acids is 1. The lowest BCUT2D eigenvalue weighted by atomic mass is 10.2. The summed E-state index contributed by atoms with van der Waals surface area (Å²) in [7, 11) is -1.80. The highest BCUT2D eigenvalue weighted by molar-refractivity contribution is 7.90. The molecule has 0 saturated heterocycles. The van der Waals surface area contributed by atoms with E-state index in [0.29, 0.717) is 0 Å². The minimum absolute atomic E-state index is 0.180. The van der Waals surface area contributed by atoms with Gasteiger partial charge in [0.2, 0.25) is 0 Å². The zero-order chi connectivity index (χ0) is 15.1. The lowest BCUT2D eigenvalue weighted by molar-refractivity contribution is -0.139. The van der Waals surface area contributed by atoms with Crippen molar-refractivity contribution >= 4 is 21.8 Å². The Bertz CT molecular complexity index is 408. The fraction of sp³-hybridized carbons (Fsp3) is 0.800. The molecule has 0 rings (SSSR count). The number of hydrogen-bond donors (Lipinski definition) is 3. The van der Waals surface area contributed by atoms with Crippen LogP contribution in [0.25, 0.3) is 0 Å². The van der Waals surface area contributed by atoms with Gasteiger partial charge in [0.05, 0.1) is 18.4 Å². The van der Waals surface area contributed by atoms with E-state index in [2.05, 4.69) is 10.6 Å². The summed E-state index contributed by atoms with van der Waals surface area (Å²) in [6.07, 6.45) is 0.826. The largest absolute Gasteiger partial charge is 0.480 e. The minimum atomic E-state index is -3.28. The Kier molecular flexibility index (Phi) is 7.38. The van der Waals surface area contributed by atoms with Crippen molar-refractivity contribution in [2.45, 2.75) is 25.4 Å². The predicted molar refractivity (Wildman–Crippen MR) is 68.8 cm³/mol. The van der Waals surface area contributed by atoms with E-state index in [9.17, 15) is 18.0 Å². The summed E-state index contributed by atoms with van der Waals surface area (Å²) in [5.74, 6) is -1.59. The van der Waals surface area contributed by atoms with Crippen LogP contribution < -0.4 is 10.6 Å². The number of sulfone groups is 1. The van der Waals surface area contributed by atoms with Crippen molar-refractivity contribution in [1.29, 1.82) is 0 Å². The highest BCUT2D eigenvalue weighted by Gasteiger charge is 2.22. The molecule has 19 heavy (non-hydrogen) atoms. The maximum absolute atomic E-state index is 11.5. The fourth-order valence-electron chi connectivity index (χ4n) is 1.30. The molecule has 0 saturated carbocycles. The Hall–Kier alpha value is -1.35. The summed E-state index contributed by atoms with van der Waals surface area (Å²) in [4.78, 5) is 22.4. The number of carboxylic acid groups (broad SMARTS) is 1. The van der Waals surface area contributed by atoms with Crippen molar-refractivity contribution in [3.63, 3.8) is 0 Å². The molecule has 2 unspecified atom stereocenters. The van der Waals surface area contributed by atoms with E-state index >= 15 is 0 Å². The summed E-state index contributed by atoms with van der Waals surface area (Å²) in [5, 5.41) is 13.6. The van der Waals surface area contributed by atoms with Gasteiger partial charge in [-0.1, -0.05) is 0 Å². The van der Waals surface area contributed by atoms with Crippen LogP contribution in [0.2, 0.25) is 0 Å². The van der Waals surface area contributed by atoms with Gasteiger partial charge in [-0.15, -0.1) is 0 Å². The number of hydrogen-bond acceptors (Lipinski definition) is 5. The van der Waals surface area contributed by atoms with E-state index in [1.54, 1.807) is 6.92 Å². The molecule has 0 bridgehead atoms. The number of amides is 2. The number of nitrogens with one attached hydrogen (secondary N) is 2. The third-order valence-corrected chi connectivity index (χ3v) is 3.15. The average Bonchev–Trinajstić information content (AvgIpc) is 2.22. The van der Waals surface area contributed by atoms with E-state index in [1.807, 2.05) is 0 Å². The molecule has 2 atom stereocenters. The van der Waals surface area contributed by atoms with E-state index in [1.165, 1.54) is 7.11 Å². The molecule has 9 heteroatoms.